The summed E-state index contributed by atoms with van der Waals surface area (Å²) in [6.45, 7) is 10.2. The molecule has 0 aromatic carbocycles. The Morgan fingerprint density at radius 2 is 1.90 bits per heavy atom. The summed E-state index contributed by atoms with van der Waals surface area (Å²) >= 11 is 6.82. The number of unbranched alkanes of at least 4 members (excludes halogenated alkanes) is 4. The molecule has 1 atom stereocenters. The normalized spacial score (nSPS) is 18.6. The van der Waals surface area contributed by atoms with E-state index in [2.05, 4.69) is 24.8 Å². The van der Waals surface area contributed by atoms with E-state index in [1.54, 1.807) is 29.4 Å². The number of amides is 1. The number of esters is 1. The SMILES string of the molecule is CCCCCCN1C(=O)/C(=C/c2c(C)c(C#N)c(=O)n(CCCC)c2N2CCCC(C(=O)OCC)C2)SC1=S. The predicted octanol–water partition coefficient (Wildman–Crippen LogP) is 5.39. The van der Waals surface area contributed by atoms with Crippen LogP contribution in [0.25, 0.3) is 6.08 Å². The van der Waals surface area contributed by atoms with E-state index in [0.29, 0.717) is 59.0 Å². The number of carbonyl (C=O) groups excluding carboxylic acids is 2. The summed E-state index contributed by atoms with van der Waals surface area (Å²) in [4.78, 5) is 43.8. The lowest BCUT2D eigenvalue weighted by Gasteiger charge is -2.36. The summed E-state index contributed by atoms with van der Waals surface area (Å²) < 4.78 is 7.51. The molecule has 2 saturated heterocycles. The number of thiocarbonyl (C=S) groups is 1. The average Bonchev–Trinajstić information content (AvgIpc) is 3.19. The van der Waals surface area contributed by atoms with Gasteiger partial charge in [-0.1, -0.05) is 63.5 Å². The quantitative estimate of drug-likeness (QED) is 0.142. The van der Waals surface area contributed by atoms with E-state index in [0.717, 1.165) is 51.4 Å². The van der Waals surface area contributed by atoms with Crippen LogP contribution in [-0.2, 0) is 20.9 Å². The number of hydrogen-bond acceptors (Lipinski definition) is 8. The average molecular weight is 573 g/mol. The number of pyridine rings is 1. The van der Waals surface area contributed by atoms with E-state index in [4.69, 9.17) is 17.0 Å². The molecule has 3 heterocycles. The first kappa shape index (κ1) is 30.9. The molecule has 10 heteroatoms. The van der Waals surface area contributed by atoms with Gasteiger partial charge in [0, 0.05) is 31.7 Å². The number of aromatic nitrogens is 1. The second-order valence-corrected chi connectivity index (χ2v) is 11.8. The minimum absolute atomic E-state index is 0.0788. The molecule has 0 spiro atoms. The molecule has 2 fully saturated rings. The maximum atomic E-state index is 13.5. The summed E-state index contributed by atoms with van der Waals surface area (Å²) in [5.74, 6) is -0.0223. The number of carbonyl (C=O) groups is 2. The fourth-order valence-electron chi connectivity index (χ4n) is 5.15. The van der Waals surface area contributed by atoms with Crippen molar-refractivity contribution >= 4 is 52.1 Å². The van der Waals surface area contributed by atoms with Gasteiger partial charge in [-0.15, -0.1) is 0 Å². The van der Waals surface area contributed by atoms with Gasteiger partial charge in [-0.2, -0.15) is 5.26 Å². The molecule has 2 aliphatic heterocycles. The minimum Gasteiger partial charge on any atom is -0.466 e. The molecule has 0 bridgehead atoms. The summed E-state index contributed by atoms with van der Waals surface area (Å²) in [7, 11) is 0. The molecule has 1 unspecified atom stereocenters. The fourth-order valence-corrected chi connectivity index (χ4v) is 6.44. The molecule has 0 aliphatic carbocycles. The minimum atomic E-state index is -0.336. The van der Waals surface area contributed by atoms with E-state index >= 15 is 0 Å². The highest BCUT2D eigenvalue weighted by Gasteiger charge is 2.34. The highest BCUT2D eigenvalue weighted by atomic mass is 32.2. The van der Waals surface area contributed by atoms with Crippen LogP contribution in [0.3, 0.4) is 0 Å². The molecule has 1 aromatic rings. The van der Waals surface area contributed by atoms with Gasteiger partial charge >= 0.3 is 5.97 Å². The number of rotatable bonds is 12. The first-order valence-electron chi connectivity index (χ1n) is 14.1. The van der Waals surface area contributed by atoms with Gasteiger partial charge in [-0.05, 0) is 51.2 Å². The van der Waals surface area contributed by atoms with Crippen molar-refractivity contribution in [1.29, 1.82) is 5.26 Å². The smallest absolute Gasteiger partial charge is 0.310 e. The van der Waals surface area contributed by atoms with Crippen LogP contribution in [0.2, 0.25) is 0 Å². The maximum Gasteiger partial charge on any atom is 0.310 e. The Morgan fingerprint density at radius 1 is 1.15 bits per heavy atom. The number of nitrogens with zero attached hydrogens (tertiary/aromatic N) is 4. The van der Waals surface area contributed by atoms with Gasteiger partial charge in [0.15, 0.2) is 0 Å². The Morgan fingerprint density at radius 3 is 2.56 bits per heavy atom. The lowest BCUT2D eigenvalue weighted by atomic mass is 9.96. The largest absolute Gasteiger partial charge is 0.466 e. The standard InChI is InChI=1S/C29H40N4O4S2/c1-5-8-10-11-16-33-27(35)24(39-29(33)38)17-22-20(4)23(18-30)26(34)32(15-9-6-2)25(22)31-14-12-13-21(19-31)28(36)37-7-3/h17,21H,5-16,19H2,1-4H3/b24-17-. The van der Waals surface area contributed by atoms with Crippen LogP contribution in [-0.4, -0.2) is 51.9 Å². The summed E-state index contributed by atoms with van der Waals surface area (Å²) in [6, 6.07) is 2.11. The van der Waals surface area contributed by atoms with Gasteiger partial charge in [0.25, 0.3) is 11.5 Å². The molecule has 1 aromatic heterocycles. The molecular formula is C29H40N4O4S2. The van der Waals surface area contributed by atoms with Crippen molar-refractivity contribution in [3.8, 4) is 6.07 Å². The molecule has 1 amide bonds. The maximum absolute atomic E-state index is 13.5. The molecular weight excluding hydrogens is 532 g/mol. The van der Waals surface area contributed by atoms with Crippen molar-refractivity contribution in [2.24, 2.45) is 5.92 Å². The third kappa shape index (κ3) is 7.12. The molecule has 8 nitrogen and oxygen atoms in total. The number of thioether (sulfide) groups is 1. The molecule has 0 N–H and O–H groups in total. The zero-order chi connectivity index (χ0) is 28.5. The van der Waals surface area contributed by atoms with Gasteiger partial charge in [0.1, 0.15) is 21.8 Å². The van der Waals surface area contributed by atoms with Gasteiger partial charge in [-0.3, -0.25) is 23.9 Å². The van der Waals surface area contributed by atoms with Crippen molar-refractivity contribution < 1.29 is 14.3 Å². The highest BCUT2D eigenvalue weighted by molar-refractivity contribution is 8.26. The van der Waals surface area contributed by atoms with E-state index in [-0.39, 0.29) is 28.9 Å². The predicted molar refractivity (Wildman–Crippen MR) is 161 cm³/mol. The third-order valence-corrected chi connectivity index (χ3v) is 8.68. The lowest BCUT2D eigenvalue weighted by molar-refractivity contribution is -0.148. The molecule has 0 radical (unpaired) electrons. The second kappa shape index (κ2) is 14.7. The molecule has 0 saturated carbocycles. The van der Waals surface area contributed by atoms with Gasteiger partial charge in [0.05, 0.1) is 17.4 Å². The van der Waals surface area contributed by atoms with Crippen molar-refractivity contribution in [2.75, 3.05) is 31.1 Å². The Balaban J connectivity index is 2.11. The van der Waals surface area contributed by atoms with E-state index in [1.807, 2.05) is 0 Å². The number of ether oxygens (including phenoxy) is 1. The number of anilines is 1. The summed E-state index contributed by atoms with van der Waals surface area (Å²) in [5.41, 5.74) is 0.947. The monoisotopic (exact) mass is 572 g/mol. The van der Waals surface area contributed by atoms with Crippen molar-refractivity contribution in [3.05, 3.63) is 31.9 Å². The first-order valence-corrected chi connectivity index (χ1v) is 15.4. The van der Waals surface area contributed by atoms with Crippen LogP contribution in [0, 0.1) is 24.2 Å². The fraction of sp³-hybridized carbons (Fsp3) is 0.621. The van der Waals surface area contributed by atoms with Gasteiger partial charge in [-0.25, -0.2) is 0 Å². The summed E-state index contributed by atoms with van der Waals surface area (Å²) in [5, 5.41) is 9.93. The second-order valence-electron chi connectivity index (χ2n) is 10.1. The summed E-state index contributed by atoms with van der Waals surface area (Å²) in [6.07, 6.45) is 9.08. The first-order chi connectivity index (χ1) is 18.8. The van der Waals surface area contributed by atoms with Gasteiger partial charge in [0.2, 0.25) is 0 Å². The topological polar surface area (TPSA) is 95.6 Å². The zero-order valence-electron chi connectivity index (χ0n) is 23.6. The zero-order valence-corrected chi connectivity index (χ0v) is 25.2. The van der Waals surface area contributed by atoms with Gasteiger partial charge < -0.3 is 9.64 Å². The highest BCUT2D eigenvalue weighted by Crippen LogP contribution is 2.37. The molecule has 212 valence electrons. The third-order valence-electron chi connectivity index (χ3n) is 7.31. The Labute approximate surface area is 241 Å². The van der Waals surface area contributed by atoms with Crippen LogP contribution in [0.1, 0.15) is 88.8 Å². The Bertz CT molecular complexity index is 1220. The Kier molecular flexibility index (Phi) is 11.6. The van der Waals surface area contributed by atoms with E-state index in [1.165, 1.54) is 11.8 Å². The van der Waals surface area contributed by atoms with Crippen molar-refractivity contribution in [3.63, 3.8) is 0 Å². The van der Waals surface area contributed by atoms with Crippen molar-refractivity contribution in [2.45, 2.75) is 85.6 Å². The number of nitriles is 1. The van der Waals surface area contributed by atoms with E-state index < -0.39 is 0 Å². The van der Waals surface area contributed by atoms with Crippen LogP contribution in [0.15, 0.2) is 9.70 Å². The van der Waals surface area contributed by atoms with Crippen LogP contribution in [0.5, 0.6) is 0 Å². The Hall–Kier alpha value is -2.64. The van der Waals surface area contributed by atoms with Crippen LogP contribution < -0.4 is 10.5 Å². The number of piperidine rings is 1. The lowest BCUT2D eigenvalue weighted by Crippen LogP contribution is -2.43. The van der Waals surface area contributed by atoms with E-state index in [9.17, 15) is 19.6 Å². The van der Waals surface area contributed by atoms with Crippen LogP contribution in [0.4, 0.5) is 5.82 Å². The van der Waals surface area contributed by atoms with Crippen molar-refractivity contribution in [1.82, 2.24) is 9.47 Å². The number of hydrogen-bond donors (Lipinski definition) is 0. The molecule has 3 rings (SSSR count). The van der Waals surface area contributed by atoms with Crippen LogP contribution >= 0.6 is 24.0 Å². The molecule has 2 aliphatic rings. The molecule has 39 heavy (non-hydrogen) atoms.